The Morgan fingerprint density at radius 2 is 1.06 bits per heavy atom. The molecule has 14 rings (SSSR count). The van der Waals surface area contributed by atoms with Crippen LogP contribution in [-0.2, 0) is 57.0 Å². The van der Waals surface area contributed by atoms with Crippen LogP contribution in [0.5, 0.6) is 11.5 Å². The van der Waals surface area contributed by atoms with Crippen molar-refractivity contribution in [1.82, 2.24) is 69.7 Å². The summed E-state index contributed by atoms with van der Waals surface area (Å²) in [4.78, 5) is 127. The summed E-state index contributed by atoms with van der Waals surface area (Å²) in [6, 6.07) is 25.8. The smallest absolute Gasteiger partial charge is 0.293 e. The number of nitrogens with zero attached hydrogens (tertiary/aromatic N) is 13. The maximum Gasteiger partial charge on any atom is 0.293 e. The van der Waals surface area contributed by atoms with Crippen molar-refractivity contribution in [1.29, 1.82) is 0 Å². The number of nitrogens with one attached hydrogen (secondary N) is 7. The molecule has 3 unspecified atom stereocenters. The fraction of sp³-hybridized carbons (Fsp3) is 0.378. The topological polar surface area (TPSA) is 346 Å². The third kappa shape index (κ3) is 15.3. The van der Waals surface area contributed by atoms with Crippen LogP contribution in [0, 0.1) is 11.8 Å². The zero-order valence-electron chi connectivity index (χ0n) is 59.3. The molecule has 4 aromatic carbocycles. The van der Waals surface area contributed by atoms with E-state index in [0.717, 1.165) is 116 Å². The van der Waals surface area contributed by atoms with Gasteiger partial charge in [-0.15, -0.1) is 0 Å². The van der Waals surface area contributed by atoms with Crippen LogP contribution in [0.4, 0.5) is 46.3 Å². The van der Waals surface area contributed by atoms with Crippen molar-refractivity contribution in [2.45, 2.75) is 89.1 Å². The monoisotopic (exact) mass is 1480 g/mol. The molecule has 5 atom stereocenters. The van der Waals surface area contributed by atoms with Gasteiger partial charge in [-0.2, -0.15) is 20.2 Å². The van der Waals surface area contributed by atoms with Gasteiger partial charge >= 0.3 is 0 Å². The zero-order chi connectivity index (χ0) is 74.2. The number of likely N-dealkylation sites (N-methyl/N-ethyl adjacent to an activating group) is 1. The van der Waals surface area contributed by atoms with Crippen molar-refractivity contribution >= 4 is 149 Å². The Kier molecular flexibility index (Phi) is 20.5. The number of fused-ring (bicyclic) bond motifs is 4. The molecule has 4 fully saturated rings. The van der Waals surface area contributed by atoms with E-state index in [1.807, 2.05) is 50.5 Å². The second-order valence-corrected chi connectivity index (χ2v) is 28.4. The predicted molar refractivity (Wildman–Crippen MR) is 403 cm³/mol. The Hall–Kier alpha value is -11.4. The Balaban J connectivity index is 0.552. The van der Waals surface area contributed by atoms with Gasteiger partial charge in [0.05, 0.1) is 57.7 Å². The van der Waals surface area contributed by atoms with Crippen molar-refractivity contribution in [2.75, 3.05) is 84.0 Å². The van der Waals surface area contributed by atoms with E-state index in [1.165, 1.54) is 35.2 Å². The molecule has 0 saturated carbocycles. The molecule has 6 aromatic heterocycles. The number of ether oxygens (including phenoxy) is 2. The number of imide groups is 2. The first-order chi connectivity index (χ1) is 51.0. The molecule has 4 aliphatic heterocycles. The van der Waals surface area contributed by atoms with Gasteiger partial charge in [-0.3, -0.25) is 68.8 Å². The molecule has 0 radical (unpaired) electrons. The van der Waals surface area contributed by atoms with E-state index in [4.69, 9.17) is 42.6 Å². The van der Waals surface area contributed by atoms with E-state index in [-0.39, 0.29) is 48.0 Å². The van der Waals surface area contributed by atoms with Crippen molar-refractivity contribution in [3.05, 3.63) is 139 Å². The number of rotatable bonds is 22. The van der Waals surface area contributed by atoms with Crippen LogP contribution in [0.1, 0.15) is 94.4 Å². The Morgan fingerprint density at radius 3 is 1.54 bits per heavy atom. The Morgan fingerprint density at radius 1 is 0.594 bits per heavy atom. The number of amides is 6. The molecule has 4 saturated heterocycles. The predicted octanol–water partition coefficient (Wildman–Crippen LogP) is 8.35. The third-order valence-corrected chi connectivity index (χ3v) is 20.9. The molecule has 0 spiro atoms. The van der Waals surface area contributed by atoms with Crippen molar-refractivity contribution < 1.29 is 38.2 Å². The molecule has 550 valence electrons. The summed E-state index contributed by atoms with van der Waals surface area (Å²) in [6.45, 7) is 5.30. The number of piperidine rings is 4. The summed E-state index contributed by atoms with van der Waals surface area (Å²) in [5, 5.41) is 32.5. The quantitative estimate of drug-likeness (QED) is 0.0247. The lowest BCUT2D eigenvalue weighted by molar-refractivity contribution is -0.143. The van der Waals surface area contributed by atoms with E-state index < -0.39 is 47.5 Å². The summed E-state index contributed by atoms with van der Waals surface area (Å²) in [6.07, 6.45) is 9.09. The highest BCUT2D eigenvalue weighted by atomic mass is 35.5. The summed E-state index contributed by atoms with van der Waals surface area (Å²) in [5.74, 6) is -1.22. The van der Waals surface area contributed by atoms with Gasteiger partial charge in [0.2, 0.25) is 35.5 Å². The van der Waals surface area contributed by atoms with Crippen molar-refractivity contribution in [3.8, 4) is 11.5 Å². The first-order valence-corrected chi connectivity index (χ1v) is 36.1. The minimum absolute atomic E-state index is 0.114. The number of hydrazine groups is 1. The van der Waals surface area contributed by atoms with Crippen molar-refractivity contribution in [2.24, 2.45) is 40.0 Å². The molecule has 106 heavy (non-hydrogen) atoms. The van der Waals surface area contributed by atoms with Crippen LogP contribution in [0.2, 0.25) is 10.0 Å². The van der Waals surface area contributed by atoms with Crippen molar-refractivity contribution in [3.63, 3.8) is 0 Å². The van der Waals surface area contributed by atoms with E-state index in [1.54, 1.807) is 72.3 Å². The highest BCUT2D eigenvalue weighted by molar-refractivity contribution is 6.33. The average Bonchev–Trinajstić information content (AvgIpc) is 1.47. The summed E-state index contributed by atoms with van der Waals surface area (Å²) < 4.78 is 18.2. The number of carbonyl (C=O) groups excluding carboxylic acids is 6. The van der Waals surface area contributed by atoms with Gasteiger partial charge in [-0.1, -0.05) is 23.2 Å². The first kappa shape index (κ1) is 71.6. The number of carbonyl (C=O) groups is 6. The van der Waals surface area contributed by atoms with E-state index in [0.29, 0.717) is 103 Å². The molecule has 6 amide bonds. The first-order valence-electron chi connectivity index (χ1n) is 35.4. The Bertz CT molecular complexity index is 5290. The lowest BCUT2D eigenvalue weighted by Gasteiger charge is -2.33. The second-order valence-electron chi connectivity index (χ2n) is 27.6. The summed E-state index contributed by atoms with van der Waals surface area (Å²) >= 11 is 13.4. The van der Waals surface area contributed by atoms with Gasteiger partial charge in [0.25, 0.3) is 22.9 Å². The van der Waals surface area contributed by atoms with Crippen LogP contribution in [0.3, 0.4) is 0 Å². The van der Waals surface area contributed by atoms with Gasteiger partial charge in [-0.25, -0.2) is 9.97 Å². The SMILES string of the molecule is CC(Oc1cc2cc(Nc3nc(N4CCC[C@@H](CCNc5ccc6c(C7CCC(=O)NC7=O)nn(C)c6c5)C4)ncc3Cl)ccc2n(C)c1=O)C(=O)NN(C)C(=O)COc1cc2cc(Nc3nc(N4CCC[C@@H](CCNc5ccc6c(C7CCC(=O)NC7=O)nn(C)c6c5)C4)ncc3Cl)ccc2n(C)c1=O. The minimum Gasteiger partial charge on any atom is -0.478 e. The van der Waals surface area contributed by atoms with Crippen LogP contribution >= 0.6 is 23.2 Å². The highest BCUT2D eigenvalue weighted by Gasteiger charge is 2.34. The van der Waals surface area contributed by atoms with Gasteiger partial charge < -0.3 is 49.7 Å². The zero-order valence-corrected chi connectivity index (χ0v) is 60.8. The number of hydrogen-bond donors (Lipinski definition) is 7. The molecule has 0 aliphatic carbocycles. The number of aromatic nitrogens is 10. The molecule has 0 bridgehead atoms. The largest absolute Gasteiger partial charge is 0.478 e. The van der Waals surface area contributed by atoms with Crippen LogP contribution in [0.15, 0.2) is 107 Å². The van der Waals surface area contributed by atoms with Crippen LogP contribution < -0.4 is 67.7 Å². The van der Waals surface area contributed by atoms with E-state index in [2.05, 4.69) is 67.3 Å². The Labute approximate surface area is 617 Å². The normalized spacial score (nSPS) is 18.0. The molecule has 10 aromatic rings. The molecule has 30 nitrogen and oxygen atoms in total. The number of pyridine rings is 2. The summed E-state index contributed by atoms with van der Waals surface area (Å²) in [5.41, 5.74) is 8.89. The number of benzene rings is 4. The highest BCUT2D eigenvalue weighted by Crippen LogP contribution is 2.37. The maximum absolute atomic E-state index is 13.7. The average molecular weight is 1480 g/mol. The lowest BCUT2D eigenvalue weighted by Crippen LogP contribution is -2.50. The number of halogens is 2. The van der Waals surface area contributed by atoms with Gasteiger partial charge in [0.15, 0.2) is 35.8 Å². The third-order valence-electron chi connectivity index (χ3n) is 20.3. The summed E-state index contributed by atoms with van der Waals surface area (Å²) in [7, 11) is 8.22. The molecule has 7 N–H and O–H groups in total. The molecule has 4 aliphatic rings. The molecule has 32 heteroatoms. The van der Waals surface area contributed by atoms with Crippen LogP contribution in [0.25, 0.3) is 43.6 Å². The molecule has 10 heterocycles. The van der Waals surface area contributed by atoms with E-state index in [9.17, 15) is 38.4 Å². The fourth-order valence-corrected chi connectivity index (χ4v) is 14.8. The van der Waals surface area contributed by atoms with E-state index >= 15 is 0 Å². The van der Waals surface area contributed by atoms with Gasteiger partial charge in [0, 0.05) is 132 Å². The fourth-order valence-electron chi connectivity index (χ4n) is 14.5. The lowest BCUT2D eigenvalue weighted by atomic mass is 9.93. The number of anilines is 8. The molecular weight excluding hydrogens is 1400 g/mol. The minimum atomic E-state index is -1.26. The van der Waals surface area contributed by atoms with Crippen LogP contribution in [-0.4, -0.2) is 148 Å². The van der Waals surface area contributed by atoms with Gasteiger partial charge in [0.1, 0.15) is 10.0 Å². The second kappa shape index (κ2) is 30.4. The molecular formula is C74H80Cl2N20O10. The van der Waals surface area contributed by atoms with Gasteiger partial charge in [-0.05, 0) is 155 Å². The standard InChI is InChI=1S/C74H80Cl2N20O10/c1-40(106-60-32-44-30-48(14-20-56(44)91(3)72(60)104)82-67-54(76)36-80-74(86-67)96-28-8-10-42(38-96)24-26-78-46-12-16-50-58(34-46)93(5)88-65(50)52-18-22-62(98)84-70(52)102)68(100)89-94(6)63(99)39-105-59-31-43-29-47(13-19-55(43)90(2)71(59)103)81-66-53(75)35-79-73(85-66)95-27-7-9-41(37-95)23-25-77-45-11-15-49-57(33-45)92(4)87-64(49)51-17-21-61(97)83-69(51)101/h11-16,19-20,29-36,40-42,51-52,77-78H,7-10,17-18,21-28,37-39H2,1-6H3,(H,89,100)(H,79,81,85)(H,80,82,86)(H,83,97,101)(H,84,98,102)/t40?,41-,42-,51?,52?/m0/s1. The maximum atomic E-state index is 13.7. The number of aryl methyl sites for hydroxylation is 4. The number of hydrogen-bond acceptors (Lipinski definition) is 22.